The van der Waals surface area contributed by atoms with E-state index in [1.165, 1.54) is 25.2 Å². The van der Waals surface area contributed by atoms with Crippen LogP contribution in [0.2, 0.25) is 0 Å². The second-order valence-corrected chi connectivity index (χ2v) is 5.93. The Hall–Kier alpha value is -0.920. The van der Waals surface area contributed by atoms with E-state index < -0.39 is 5.97 Å². The van der Waals surface area contributed by atoms with Gasteiger partial charge in [-0.1, -0.05) is 32.9 Å². The Bertz CT molecular complexity index is 607. The molecule has 0 amide bonds. The summed E-state index contributed by atoms with van der Waals surface area (Å²) in [6.45, 7) is 2.01. The Labute approximate surface area is 104 Å². The maximum atomic E-state index is 11.7. The van der Waals surface area contributed by atoms with Crippen LogP contribution < -0.4 is 0 Å². The van der Waals surface area contributed by atoms with Crippen LogP contribution in [0.3, 0.4) is 0 Å². The number of nitrogens with zero attached hydrogens (tertiary/aromatic N) is 1. The van der Waals surface area contributed by atoms with E-state index in [1.807, 2.05) is 0 Å². The molecule has 0 aromatic carbocycles. The van der Waals surface area contributed by atoms with E-state index in [2.05, 4.69) is 0 Å². The average molecular weight is 275 g/mol. The molecule has 0 aliphatic carbocycles. The van der Waals surface area contributed by atoms with Crippen molar-refractivity contribution in [1.82, 2.24) is 4.57 Å². The van der Waals surface area contributed by atoms with Crippen molar-refractivity contribution in [3.63, 3.8) is 0 Å². The zero-order chi connectivity index (χ0) is 11.9. The second kappa shape index (κ2) is 4.15. The Morgan fingerprint density at radius 2 is 2.25 bits per heavy atom. The first kappa shape index (κ1) is 11.6. The summed E-state index contributed by atoms with van der Waals surface area (Å²) in [7, 11) is 4.48. The quantitative estimate of drug-likeness (QED) is 0.520. The molecule has 0 fully saturated rings. The van der Waals surface area contributed by atoms with Gasteiger partial charge in [0.2, 0.25) is 5.88 Å². The van der Waals surface area contributed by atoms with Gasteiger partial charge in [0, 0.05) is 7.05 Å². The second-order valence-electron chi connectivity index (χ2n) is 3.11. The molecule has 2 aromatic rings. The lowest BCUT2D eigenvalue weighted by atomic mass is 10.3. The van der Waals surface area contributed by atoms with Crippen molar-refractivity contribution in [3.05, 3.63) is 9.39 Å². The third-order valence-electron chi connectivity index (χ3n) is 2.19. The van der Waals surface area contributed by atoms with Gasteiger partial charge in [-0.2, -0.15) is 0 Å². The lowest BCUT2D eigenvalue weighted by Gasteiger charge is -2.00. The van der Waals surface area contributed by atoms with Gasteiger partial charge < -0.3 is 14.4 Å². The van der Waals surface area contributed by atoms with E-state index in [0.717, 1.165) is 5.52 Å². The highest BCUT2D eigenvalue weighted by atomic mass is 32.9. The average Bonchev–Trinajstić information content (AvgIpc) is 2.70. The van der Waals surface area contributed by atoms with Crippen molar-refractivity contribution in [3.8, 4) is 5.88 Å². The number of aromatic hydroxyl groups is 1. The molecule has 0 saturated carbocycles. The highest BCUT2D eigenvalue weighted by Gasteiger charge is 2.24. The SMILES string of the molecule is CCOC(=O)c1c(O)n(C)c2c(=S)ssc12. The van der Waals surface area contributed by atoms with Crippen LogP contribution in [0.25, 0.3) is 10.2 Å². The molecule has 0 aliphatic rings. The first-order chi connectivity index (χ1) is 7.57. The Morgan fingerprint density at radius 1 is 1.56 bits per heavy atom. The van der Waals surface area contributed by atoms with E-state index in [1.54, 1.807) is 14.0 Å². The van der Waals surface area contributed by atoms with Crippen LogP contribution in [-0.2, 0) is 11.8 Å². The molecule has 2 rings (SSSR count). The van der Waals surface area contributed by atoms with Gasteiger partial charge in [0.25, 0.3) is 0 Å². The molecule has 0 spiro atoms. The van der Waals surface area contributed by atoms with Gasteiger partial charge in [-0.15, -0.1) is 0 Å². The molecule has 0 aliphatic heterocycles. The topological polar surface area (TPSA) is 51.5 Å². The minimum atomic E-state index is -0.505. The van der Waals surface area contributed by atoms with Gasteiger partial charge in [-0.3, -0.25) is 0 Å². The predicted octanol–water partition coefficient (Wildman–Crippen LogP) is 2.91. The number of rotatable bonds is 2. The minimum Gasteiger partial charge on any atom is -0.494 e. The number of hydrogen-bond donors (Lipinski definition) is 1. The maximum absolute atomic E-state index is 11.7. The van der Waals surface area contributed by atoms with E-state index >= 15 is 0 Å². The maximum Gasteiger partial charge on any atom is 0.345 e. The molecule has 1 N–H and O–H groups in total. The predicted molar refractivity (Wildman–Crippen MR) is 67.1 cm³/mol. The zero-order valence-electron chi connectivity index (χ0n) is 8.64. The van der Waals surface area contributed by atoms with Gasteiger partial charge in [0.15, 0.2) is 0 Å². The number of carbonyl (C=O) groups excluding carboxylic acids is 1. The number of aromatic nitrogens is 1. The molecule has 0 bridgehead atoms. The fourth-order valence-corrected chi connectivity index (χ4v) is 4.39. The van der Waals surface area contributed by atoms with Gasteiger partial charge in [-0.05, 0) is 6.92 Å². The summed E-state index contributed by atoms with van der Waals surface area (Å²) >= 11 is 5.14. The van der Waals surface area contributed by atoms with E-state index in [9.17, 15) is 9.90 Å². The van der Waals surface area contributed by atoms with Gasteiger partial charge in [0.1, 0.15) is 9.39 Å². The first-order valence-electron chi connectivity index (χ1n) is 4.55. The fourth-order valence-electron chi connectivity index (χ4n) is 1.46. The Kier molecular flexibility index (Phi) is 3.00. The van der Waals surface area contributed by atoms with Crippen molar-refractivity contribution in [2.24, 2.45) is 7.05 Å². The number of esters is 1. The minimum absolute atomic E-state index is 0.0846. The lowest BCUT2D eigenvalue weighted by Crippen LogP contribution is -2.04. The van der Waals surface area contributed by atoms with E-state index in [0.29, 0.717) is 8.52 Å². The normalized spacial score (nSPS) is 10.9. The van der Waals surface area contributed by atoms with Crippen molar-refractivity contribution in [1.29, 1.82) is 0 Å². The molecule has 0 unspecified atom stereocenters. The molecular weight excluding hydrogens is 266 g/mol. The summed E-state index contributed by atoms with van der Waals surface area (Å²) in [5.74, 6) is -0.590. The molecule has 7 heteroatoms. The standard InChI is InChI=1S/C9H9NO3S3/c1-3-13-8(12)4-6-5(9(14)16-15-6)10(2)7(4)11/h11H,3H2,1-2H3. The largest absolute Gasteiger partial charge is 0.494 e. The van der Waals surface area contributed by atoms with Crippen molar-refractivity contribution < 1.29 is 14.6 Å². The third-order valence-corrected chi connectivity index (χ3v) is 5.19. The molecule has 0 atom stereocenters. The molecule has 86 valence electrons. The number of aryl methyl sites for hydroxylation is 1. The lowest BCUT2D eigenvalue weighted by molar-refractivity contribution is 0.0525. The van der Waals surface area contributed by atoms with Crippen molar-refractivity contribution in [2.75, 3.05) is 6.61 Å². The molecule has 2 heterocycles. The highest BCUT2D eigenvalue weighted by molar-refractivity contribution is 7.81. The molecule has 0 saturated heterocycles. The van der Waals surface area contributed by atoms with Crippen LogP contribution >= 0.6 is 32.9 Å². The highest BCUT2D eigenvalue weighted by Crippen LogP contribution is 2.38. The summed E-state index contributed by atoms with van der Waals surface area (Å²) in [4.78, 5) is 11.7. The smallest absolute Gasteiger partial charge is 0.345 e. The van der Waals surface area contributed by atoms with Crippen molar-refractivity contribution in [2.45, 2.75) is 6.92 Å². The van der Waals surface area contributed by atoms with Crippen LogP contribution in [0, 0.1) is 3.82 Å². The summed E-state index contributed by atoms with van der Waals surface area (Å²) in [6, 6.07) is 0. The van der Waals surface area contributed by atoms with Gasteiger partial charge in [-0.25, -0.2) is 4.79 Å². The van der Waals surface area contributed by atoms with Gasteiger partial charge in [0.05, 0.1) is 16.8 Å². The third kappa shape index (κ3) is 1.55. The molecule has 4 nitrogen and oxygen atoms in total. The number of carbonyl (C=O) groups is 1. The summed E-state index contributed by atoms with van der Waals surface area (Å²) in [5, 5.41) is 9.86. The summed E-state index contributed by atoms with van der Waals surface area (Å²) in [5.41, 5.74) is 0.947. The van der Waals surface area contributed by atoms with Crippen LogP contribution in [0.1, 0.15) is 17.3 Å². The first-order valence-corrected chi connectivity index (χ1v) is 7.11. The van der Waals surface area contributed by atoms with Gasteiger partial charge >= 0.3 is 5.97 Å². The van der Waals surface area contributed by atoms with Crippen LogP contribution in [-0.4, -0.2) is 22.2 Å². The molecular formula is C9H9NO3S3. The Morgan fingerprint density at radius 3 is 2.88 bits per heavy atom. The zero-order valence-corrected chi connectivity index (χ0v) is 11.1. The van der Waals surface area contributed by atoms with Crippen LogP contribution in [0.4, 0.5) is 0 Å². The molecule has 16 heavy (non-hydrogen) atoms. The van der Waals surface area contributed by atoms with Crippen LogP contribution in [0.5, 0.6) is 5.88 Å². The number of fused-ring (bicyclic) bond motifs is 1. The summed E-state index contributed by atoms with van der Waals surface area (Å²) in [6.07, 6.45) is 0. The fraction of sp³-hybridized carbons (Fsp3) is 0.333. The summed E-state index contributed by atoms with van der Waals surface area (Å²) < 4.78 is 7.81. The van der Waals surface area contributed by atoms with Crippen LogP contribution in [0.15, 0.2) is 0 Å². The number of hydrogen-bond acceptors (Lipinski definition) is 6. The van der Waals surface area contributed by atoms with E-state index in [-0.39, 0.29) is 18.1 Å². The van der Waals surface area contributed by atoms with Crippen molar-refractivity contribution >= 4 is 49.1 Å². The monoisotopic (exact) mass is 275 g/mol. The molecule has 0 radical (unpaired) electrons. The molecule has 2 aromatic heterocycles. The number of ether oxygens (including phenoxy) is 1. The Balaban J connectivity index is 2.74. The van der Waals surface area contributed by atoms with E-state index in [4.69, 9.17) is 17.0 Å².